The van der Waals surface area contributed by atoms with E-state index in [9.17, 15) is 9.59 Å². The van der Waals surface area contributed by atoms with Crippen molar-refractivity contribution in [2.75, 3.05) is 14.2 Å². The number of carbonyl (C=O) groups is 2. The van der Waals surface area contributed by atoms with Gasteiger partial charge in [0, 0.05) is 30.0 Å². The van der Waals surface area contributed by atoms with E-state index in [2.05, 4.69) is 5.32 Å². The Labute approximate surface area is 235 Å². The zero-order valence-electron chi connectivity index (χ0n) is 23.4. The molecule has 208 valence electrons. The van der Waals surface area contributed by atoms with Gasteiger partial charge in [0.1, 0.15) is 6.61 Å². The van der Waals surface area contributed by atoms with E-state index in [1.807, 2.05) is 80.6 Å². The van der Waals surface area contributed by atoms with Crippen LogP contribution >= 0.6 is 0 Å². The summed E-state index contributed by atoms with van der Waals surface area (Å²) in [7, 11) is 3.21. The van der Waals surface area contributed by atoms with Crippen LogP contribution in [0.1, 0.15) is 61.6 Å². The summed E-state index contributed by atoms with van der Waals surface area (Å²) in [4.78, 5) is 26.5. The maximum absolute atomic E-state index is 13.7. The van der Waals surface area contributed by atoms with Crippen molar-refractivity contribution in [2.45, 2.75) is 57.7 Å². The van der Waals surface area contributed by atoms with Crippen molar-refractivity contribution in [3.8, 4) is 23.0 Å². The lowest BCUT2D eigenvalue weighted by Gasteiger charge is -2.34. The molecule has 7 heteroatoms. The Morgan fingerprint density at radius 1 is 0.800 bits per heavy atom. The molecule has 0 saturated heterocycles. The lowest BCUT2D eigenvalue weighted by molar-refractivity contribution is -0.122. The summed E-state index contributed by atoms with van der Waals surface area (Å²) in [5.74, 6) is 1.99. The Kier molecular flexibility index (Phi) is 8.10. The van der Waals surface area contributed by atoms with Crippen LogP contribution in [0.5, 0.6) is 23.0 Å². The van der Waals surface area contributed by atoms with Crippen LogP contribution in [0.25, 0.3) is 0 Å². The van der Waals surface area contributed by atoms with Crippen molar-refractivity contribution in [1.82, 2.24) is 5.32 Å². The molecule has 0 radical (unpaired) electrons. The van der Waals surface area contributed by atoms with Gasteiger partial charge in [-0.25, -0.2) is 0 Å². The monoisotopic (exact) mass is 541 g/mol. The maximum atomic E-state index is 13.7. The van der Waals surface area contributed by atoms with E-state index in [0.717, 1.165) is 16.7 Å². The highest BCUT2D eigenvalue weighted by Crippen LogP contribution is 2.45. The van der Waals surface area contributed by atoms with Gasteiger partial charge in [-0.15, -0.1) is 0 Å². The van der Waals surface area contributed by atoms with Gasteiger partial charge in [-0.2, -0.15) is 0 Å². The van der Waals surface area contributed by atoms with E-state index < -0.39 is 0 Å². The van der Waals surface area contributed by atoms with Crippen molar-refractivity contribution in [1.29, 1.82) is 0 Å². The summed E-state index contributed by atoms with van der Waals surface area (Å²) in [5.41, 5.74) is 4.25. The fourth-order valence-corrected chi connectivity index (χ4v) is 5.53. The quantitative estimate of drug-likeness (QED) is 0.354. The van der Waals surface area contributed by atoms with Crippen LogP contribution in [-0.4, -0.2) is 32.0 Å². The minimum Gasteiger partial charge on any atom is -0.493 e. The third kappa shape index (κ3) is 5.83. The molecule has 3 aromatic carbocycles. The SMILES string of the molecule is COc1ccc(C2CC(=O)NC3=C2C(=O)CC(c2ccc(OC(C)C)c(OC)c2)C3)cc1OCc1ccccc1. The minimum absolute atomic E-state index is 0.0142. The lowest BCUT2D eigenvalue weighted by Crippen LogP contribution is -2.38. The van der Waals surface area contributed by atoms with Crippen molar-refractivity contribution in [2.24, 2.45) is 0 Å². The van der Waals surface area contributed by atoms with Crippen LogP contribution in [-0.2, 0) is 16.2 Å². The van der Waals surface area contributed by atoms with Crippen molar-refractivity contribution < 1.29 is 28.5 Å². The largest absolute Gasteiger partial charge is 0.493 e. The molecule has 1 heterocycles. The second-order valence-corrected chi connectivity index (χ2v) is 10.5. The number of hydrogen-bond donors (Lipinski definition) is 1. The number of nitrogens with one attached hydrogen (secondary N) is 1. The summed E-state index contributed by atoms with van der Waals surface area (Å²) < 4.78 is 23.1. The van der Waals surface area contributed by atoms with Crippen LogP contribution in [0.3, 0.4) is 0 Å². The number of benzene rings is 3. The van der Waals surface area contributed by atoms with Crippen LogP contribution in [0.2, 0.25) is 0 Å². The molecule has 0 aromatic heterocycles. The summed E-state index contributed by atoms with van der Waals surface area (Å²) in [5, 5.41) is 3.01. The Balaban J connectivity index is 1.43. The molecular formula is C33H35NO6. The minimum atomic E-state index is -0.349. The van der Waals surface area contributed by atoms with E-state index in [4.69, 9.17) is 18.9 Å². The molecule has 1 N–H and O–H groups in total. The van der Waals surface area contributed by atoms with Crippen molar-refractivity contribution in [3.63, 3.8) is 0 Å². The number of ketones is 1. The average molecular weight is 542 g/mol. The Morgan fingerprint density at radius 3 is 2.23 bits per heavy atom. The van der Waals surface area contributed by atoms with Crippen molar-refractivity contribution in [3.05, 3.63) is 94.7 Å². The number of hydrogen-bond acceptors (Lipinski definition) is 6. The standard InChI is InChI=1S/C33H35NO6/c1-20(2)40-29-13-10-22(16-30(29)38-4)24-14-26-33(27(35)15-24)25(18-32(36)34-26)23-11-12-28(37-3)31(17-23)39-19-21-8-6-5-7-9-21/h5-13,16-17,20,24-25H,14-15,18-19H2,1-4H3,(H,34,36). The second kappa shape index (κ2) is 11.9. The van der Waals surface area contributed by atoms with E-state index in [1.165, 1.54) is 0 Å². The molecule has 2 atom stereocenters. The average Bonchev–Trinajstić information content (AvgIpc) is 2.95. The first-order valence-electron chi connectivity index (χ1n) is 13.6. The highest BCUT2D eigenvalue weighted by atomic mass is 16.5. The molecular weight excluding hydrogens is 506 g/mol. The van der Waals surface area contributed by atoms with Crippen LogP contribution < -0.4 is 24.3 Å². The molecule has 1 amide bonds. The molecule has 1 aliphatic carbocycles. The first kappa shape index (κ1) is 27.3. The molecule has 40 heavy (non-hydrogen) atoms. The van der Waals surface area contributed by atoms with Crippen LogP contribution in [0.4, 0.5) is 0 Å². The summed E-state index contributed by atoms with van der Waals surface area (Å²) in [6.07, 6.45) is 1.13. The van der Waals surface area contributed by atoms with Gasteiger partial charge in [0.05, 0.1) is 20.3 Å². The fraction of sp³-hybridized carbons (Fsp3) is 0.333. The second-order valence-electron chi connectivity index (χ2n) is 10.5. The molecule has 5 rings (SSSR count). The van der Waals surface area contributed by atoms with Gasteiger partial charge in [0.25, 0.3) is 0 Å². The zero-order valence-corrected chi connectivity index (χ0v) is 23.4. The summed E-state index contributed by atoms with van der Waals surface area (Å²) >= 11 is 0. The normalized spacial score (nSPS) is 18.7. The maximum Gasteiger partial charge on any atom is 0.225 e. The smallest absolute Gasteiger partial charge is 0.225 e. The van der Waals surface area contributed by atoms with E-state index in [-0.39, 0.29) is 36.1 Å². The predicted molar refractivity (Wildman–Crippen MR) is 152 cm³/mol. The number of carbonyl (C=O) groups excluding carboxylic acids is 2. The van der Waals surface area contributed by atoms with E-state index in [0.29, 0.717) is 53.7 Å². The molecule has 0 fully saturated rings. The van der Waals surface area contributed by atoms with Crippen LogP contribution in [0.15, 0.2) is 78.0 Å². The van der Waals surface area contributed by atoms with Gasteiger partial charge >= 0.3 is 0 Å². The Morgan fingerprint density at radius 2 is 1.50 bits per heavy atom. The van der Waals surface area contributed by atoms with Gasteiger partial charge in [-0.1, -0.05) is 42.5 Å². The molecule has 3 aromatic rings. The first-order valence-corrected chi connectivity index (χ1v) is 13.6. The number of Topliss-reactive ketones (excluding diaryl/α,β-unsaturated/α-hetero) is 1. The van der Waals surface area contributed by atoms with E-state index in [1.54, 1.807) is 14.2 Å². The van der Waals surface area contributed by atoms with Crippen LogP contribution in [0, 0.1) is 0 Å². The fourth-order valence-electron chi connectivity index (χ4n) is 5.53. The van der Waals surface area contributed by atoms with Gasteiger partial charge < -0.3 is 24.3 Å². The van der Waals surface area contributed by atoms with Gasteiger partial charge in [0.2, 0.25) is 5.91 Å². The highest BCUT2D eigenvalue weighted by molar-refractivity contribution is 6.02. The molecule has 0 bridgehead atoms. The molecule has 0 spiro atoms. The molecule has 1 aliphatic heterocycles. The number of ether oxygens (including phenoxy) is 4. The summed E-state index contributed by atoms with van der Waals surface area (Å²) in [6.45, 7) is 4.31. The van der Waals surface area contributed by atoms with Crippen molar-refractivity contribution >= 4 is 11.7 Å². The zero-order chi connectivity index (χ0) is 28.2. The number of methoxy groups -OCH3 is 2. The number of allylic oxidation sites excluding steroid dienone is 2. The molecule has 2 aliphatic rings. The molecule has 0 saturated carbocycles. The van der Waals surface area contributed by atoms with Gasteiger partial charge in [-0.05, 0) is 67.1 Å². The molecule has 7 nitrogen and oxygen atoms in total. The first-order chi connectivity index (χ1) is 19.4. The third-order valence-electron chi connectivity index (χ3n) is 7.39. The topological polar surface area (TPSA) is 83.1 Å². The Hall–Kier alpha value is -4.26. The third-order valence-corrected chi connectivity index (χ3v) is 7.39. The molecule has 2 unspecified atom stereocenters. The predicted octanol–water partition coefficient (Wildman–Crippen LogP) is 6.07. The number of amides is 1. The Bertz CT molecular complexity index is 1430. The number of rotatable bonds is 9. The summed E-state index contributed by atoms with van der Waals surface area (Å²) in [6, 6.07) is 21.3. The van der Waals surface area contributed by atoms with Gasteiger partial charge in [0.15, 0.2) is 28.8 Å². The lowest BCUT2D eigenvalue weighted by atomic mass is 9.73. The van der Waals surface area contributed by atoms with E-state index >= 15 is 0 Å². The van der Waals surface area contributed by atoms with Gasteiger partial charge in [-0.3, -0.25) is 9.59 Å². The highest BCUT2D eigenvalue weighted by Gasteiger charge is 2.38.